The van der Waals surface area contributed by atoms with E-state index in [0.29, 0.717) is 16.9 Å². The maximum atomic E-state index is 7.50. The van der Waals surface area contributed by atoms with Crippen LogP contribution >= 0.6 is 0 Å². The first-order valence-corrected chi connectivity index (χ1v) is 11.1. The summed E-state index contributed by atoms with van der Waals surface area (Å²) in [4.78, 5) is 6.64. The van der Waals surface area contributed by atoms with E-state index < -0.39 is 0 Å². The molecule has 2 aromatic rings. The van der Waals surface area contributed by atoms with Crippen molar-refractivity contribution in [3.8, 4) is 0 Å². The van der Waals surface area contributed by atoms with Gasteiger partial charge in [0, 0.05) is 49.2 Å². The van der Waals surface area contributed by atoms with Gasteiger partial charge < -0.3 is 32.8 Å². The minimum absolute atomic E-state index is 0.556. The highest BCUT2D eigenvalue weighted by molar-refractivity contribution is 5.99. The van der Waals surface area contributed by atoms with Gasteiger partial charge in [-0.25, -0.2) is 0 Å². The number of nitrogen functional groups attached to an aromatic ring is 1. The second kappa shape index (κ2) is 12.6. The summed E-state index contributed by atoms with van der Waals surface area (Å²) in [6, 6.07) is 11.6. The number of aliphatic imine (C=N–C) groups is 1. The molecule has 0 saturated heterocycles. The van der Waals surface area contributed by atoms with Gasteiger partial charge in [0.05, 0.1) is 17.6 Å². The number of nitrogens with zero attached hydrogens (tertiary/aromatic N) is 2. The third-order valence-electron chi connectivity index (χ3n) is 5.33. The maximum Gasteiger partial charge on any atom is 0.0780 e. The molecule has 7 nitrogen and oxygen atoms in total. The Balaban J connectivity index is 2.25. The molecule has 0 atom stereocenters. The number of allylic oxidation sites excluding steroid dienone is 3. The van der Waals surface area contributed by atoms with E-state index in [1.807, 2.05) is 56.3 Å². The molecular weight excluding hydrogens is 434 g/mol. The molecule has 0 amide bonds. The minimum Gasteiger partial charge on any atom is -0.405 e. The predicted molar refractivity (Wildman–Crippen MR) is 151 cm³/mol. The predicted octanol–water partition coefficient (Wildman–Crippen LogP) is 4.74. The van der Waals surface area contributed by atoms with Gasteiger partial charge in [0.1, 0.15) is 0 Å². The Bertz CT molecular complexity index is 1230. The van der Waals surface area contributed by atoms with Gasteiger partial charge in [-0.3, -0.25) is 4.99 Å². The zero-order chi connectivity index (χ0) is 26.0. The summed E-state index contributed by atoms with van der Waals surface area (Å²) < 4.78 is 0. The van der Waals surface area contributed by atoms with Crippen LogP contribution in [-0.4, -0.2) is 30.9 Å². The largest absolute Gasteiger partial charge is 0.405 e. The fraction of sp³-hybridized carbons (Fsp3) is 0.143. The molecule has 7 heteroatoms. The summed E-state index contributed by atoms with van der Waals surface area (Å²) in [5, 5.41) is 10.8. The SMILES string of the molecule is C=C(Nc1ccc(N)c(C=N)c1)/C(=C\N=C(C)c1ccc(/C=C/C(/C=C\N)=C/N)c(C)c1)N(C)C. The lowest BCUT2D eigenvalue weighted by molar-refractivity contribution is 0.521. The van der Waals surface area contributed by atoms with Crippen molar-refractivity contribution in [1.29, 1.82) is 5.41 Å². The van der Waals surface area contributed by atoms with Crippen LogP contribution in [0.4, 0.5) is 11.4 Å². The average Bonchev–Trinajstić information content (AvgIpc) is 2.83. The standard InChI is InChI=1S/C28H35N7/c1-19-14-24(9-8-23(19)7-6-22(16-30)12-13-29)20(2)33-18-28(35(4)5)21(3)34-26-10-11-27(32)25(15-26)17-31/h6-18,31,34H,3,29-30,32H2,1-2,4-5H3/b7-6+,13-12-,22-16-,28-18+,31-17?,33-20?. The van der Waals surface area contributed by atoms with Gasteiger partial charge in [-0.1, -0.05) is 30.9 Å². The summed E-state index contributed by atoms with van der Waals surface area (Å²) in [6.07, 6.45) is 11.7. The average molecular weight is 470 g/mol. The Morgan fingerprint density at radius 2 is 1.83 bits per heavy atom. The molecule has 35 heavy (non-hydrogen) atoms. The summed E-state index contributed by atoms with van der Waals surface area (Å²) in [6.45, 7) is 8.20. The van der Waals surface area contributed by atoms with E-state index in [4.69, 9.17) is 27.6 Å². The highest BCUT2D eigenvalue weighted by Crippen LogP contribution is 2.21. The van der Waals surface area contributed by atoms with Crippen molar-refractivity contribution in [1.82, 2.24) is 4.90 Å². The number of hydrogen-bond donors (Lipinski definition) is 5. The van der Waals surface area contributed by atoms with Crippen molar-refractivity contribution in [2.75, 3.05) is 25.1 Å². The topological polar surface area (TPSA) is 130 Å². The lowest BCUT2D eigenvalue weighted by Crippen LogP contribution is -2.16. The first-order chi connectivity index (χ1) is 16.7. The molecular formula is C28H35N7. The van der Waals surface area contributed by atoms with Gasteiger partial charge in [-0.2, -0.15) is 0 Å². The molecule has 2 aromatic carbocycles. The summed E-state index contributed by atoms with van der Waals surface area (Å²) in [7, 11) is 3.87. The van der Waals surface area contributed by atoms with Gasteiger partial charge in [0.15, 0.2) is 0 Å². The third-order valence-corrected chi connectivity index (χ3v) is 5.33. The van der Waals surface area contributed by atoms with Crippen LogP contribution in [0.1, 0.15) is 29.2 Å². The van der Waals surface area contributed by atoms with E-state index in [9.17, 15) is 0 Å². The molecule has 0 saturated carbocycles. The number of hydrogen-bond acceptors (Lipinski definition) is 7. The normalized spacial score (nSPS) is 12.9. The van der Waals surface area contributed by atoms with Gasteiger partial charge in [0.25, 0.3) is 0 Å². The highest BCUT2D eigenvalue weighted by Gasteiger charge is 2.08. The Hall–Kier alpha value is -4.52. The van der Waals surface area contributed by atoms with Crippen LogP contribution in [0.5, 0.6) is 0 Å². The van der Waals surface area contributed by atoms with Crippen molar-refractivity contribution in [3.63, 3.8) is 0 Å². The molecule has 8 N–H and O–H groups in total. The molecule has 0 aliphatic rings. The molecule has 0 fully saturated rings. The second-order valence-corrected chi connectivity index (χ2v) is 8.15. The molecule has 0 spiro atoms. The van der Waals surface area contributed by atoms with Crippen molar-refractivity contribution >= 4 is 29.4 Å². The molecule has 0 unspecified atom stereocenters. The first-order valence-electron chi connectivity index (χ1n) is 11.1. The first kappa shape index (κ1) is 26.7. The summed E-state index contributed by atoms with van der Waals surface area (Å²) in [5.74, 6) is 0. The molecule has 0 aliphatic heterocycles. The van der Waals surface area contributed by atoms with Crippen molar-refractivity contribution < 1.29 is 0 Å². The third kappa shape index (κ3) is 7.50. The van der Waals surface area contributed by atoms with Crippen molar-refractivity contribution in [3.05, 3.63) is 113 Å². The minimum atomic E-state index is 0.556. The van der Waals surface area contributed by atoms with Crippen molar-refractivity contribution in [2.45, 2.75) is 13.8 Å². The Labute approximate surface area is 208 Å². The van der Waals surface area contributed by atoms with E-state index in [1.54, 1.807) is 18.3 Å². The smallest absolute Gasteiger partial charge is 0.0780 e. The lowest BCUT2D eigenvalue weighted by Gasteiger charge is -2.20. The van der Waals surface area contributed by atoms with E-state index in [1.165, 1.54) is 18.6 Å². The van der Waals surface area contributed by atoms with Crippen LogP contribution < -0.4 is 22.5 Å². The second-order valence-electron chi connectivity index (χ2n) is 8.15. The van der Waals surface area contributed by atoms with Gasteiger partial charge in [0.2, 0.25) is 0 Å². The quantitative estimate of drug-likeness (QED) is 0.195. The van der Waals surface area contributed by atoms with Crippen LogP contribution in [0.2, 0.25) is 0 Å². The Morgan fingerprint density at radius 3 is 2.43 bits per heavy atom. The Kier molecular flexibility index (Phi) is 9.66. The molecule has 0 aromatic heterocycles. The van der Waals surface area contributed by atoms with E-state index in [2.05, 4.69) is 31.0 Å². The highest BCUT2D eigenvalue weighted by atomic mass is 15.1. The molecule has 0 heterocycles. The number of rotatable bonds is 10. The van der Waals surface area contributed by atoms with Crippen LogP contribution in [0.3, 0.4) is 0 Å². The molecule has 0 bridgehead atoms. The molecule has 0 aliphatic carbocycles. The molecule has 182 valence electrons. The van der Waals surface area contributed by atoms with Crippen LogP contribution in [-0.2, 0) is 0 Å². The maximum absolute atomic E-state index is 7.50. The summed E-state index contributed by atoms with van der Waals surface area (Å²) in [5.41, 5.74) is 25.4. The zero-order valence-corrected chi connectivity index (χ0v) is 20.8. The van der Waals surface area contributed by atoms with Gasteiger partial charge in [-0.15, -0.1) is 0 Å². The number of nitrogens with two attached hydrogens (primary N) is 3. The summed E-state index contributed by atoms with van der Waals surface area (Å²) >= 11 is 0. The fourth-order valence-electron chi connectivity index (χ4n) is 3.26. The molecule has 0 radical (unpaired) electrons. The fourth-order valence-corrected chi connectivity index (χ4v) is 3.26. The van der Waals surface area contributed by atoms with Crippen LogP contribution in [0, 0.1) is 12.3 Å². The lowest BCUT2D eigenvalue weighted by atomic mass is 10.0. The van der Waals surface area contributed by atoms with E-state index >= 15 is 0 Å². The van der Waals surface area contributed by atoms with Gasteiger partial charge in [-0.05, 0) is 72.7 Å². The van der Waals surface area contributed by atoms with Crippen molar-refractivity contribution in [2.24, 2.45) is 16.5 Å². The number of nitrogens with one attached hydrogen (secondary N) is 2. The monoisotopic (exact) mass is 469 g/mol. The molecule has 2 rings (SSSR count). The Morgan fingerprint density at radius 1 is 1.09 bits per heavy atom. The number of anilines is 2. The van der Waals surface area contributed by atoms with E-state index in [-0.39, 0.29) is 0 Å². The number of likely N-dealkylation sites (N-methyl/N-ethyl adjacent to an activating group) is 1. The number of benzene rings is 2. The zero-order valence-electron chi connectivity index (χ0n) is 20.8. The van der Waals surface area contributed by atoms with Crippen LogP contribution in [0.15, 0.2) is 95.7 Å². The number of aryl methyl sites for hydroxylation is 1. The van der Waals surface area contributed by atoms with Crippen LogP contribution in [0.25, 0.3) is 6.08 Å². The van der Waals surface area contributed by atoms with E-state index in [0.717, 1.165) is 39.4 Å². The van der Waals surface area contributed by atoms with Gasteiger partial charge >= 0.3 is 0 Å².